The molecule has 0 amide bonds. The van der Waals surface area contributed by atoms with Crippen molar-refractivity contribution in [1.29, 1.82) is 0 Å². The van der Waals surface area contributed by atoms with Crippen molar-refractivity contribution < 1.29 is 37.0 Å². The Kier molecular flexibility index (Phi) is 16.6. The number of carbonyl (C=O) groups excluding carboxylic acids is 1. The second-order valence-electron chi connectivity index (χ2n) is 22.0. The molecule has 0 N–H and O–H groups in total. The zero-order valence-electron chi connectivity index (χ0n) is 40.4. The fourth-order valence-corrected chi connectivity index (χ4v) is 30.2. The van der Waals surface area contributed by atoms with Crippen LogP contribution >= 0.6 is 0 Å². The van der Waals surface area contributed by atoms with E-state index < -0.39 is 30.7 Å². The second-order valence-corrected chi connectivity index (χ2v) is 38.3. The molecule has 0 aromatic heterocycles. The van der Waals surface area contributed by atoms with Gasteiger partial charge in [0.25, 0.3) is 0 Å². The minimum atomic E-state index is -2.37. The van der Waals surface area contributed by atoms with E-state index in [0.29, 0.717) is 62.9 Å². The summed E-state index contributed by atoms with van der Waals surface area (Å²) in [5.74, 6) is -0.494. The molecule has 57 heavy (non-hydrogen) atoms. The van der Waals surface area contributed by atoms with E-state index >= 15 is 0 Å². The van der Waals surface area contributed by atoms with Crippen LogP contribution in [0.4, 0.5) is 0 Å². The first-order valence-electron chi connectivity index (χ1n) is 23.5. The highest BCUT2D eigenvalue weighted by molar-refractivity contribution is 6.78. The van der Waals surface area contributed by atoms with Crippen molar-refractivity contribution in [2.45, 2.75) is 269 Å². The molecule has 334 valence electrons. The van der Waals surface area contributed by atoms with Crippen molar-refractivity contribution in [3.63, 3.8) is 0 Å². The van der Waals surface area contributed by atoms with Crippen molar-refractivity contribution in [3.05, 3.63) is 0 Å². The van der Waals surface area contributed by atoms with Gasteiger partial charge >= 0.3 is 5.97 Å². The van der Waals surface area contributed by atoms with Gasteiger partial charge in [0, 0.05) is 31.6 Å². The molecule has 4 aliphatic rings. The predicted octanol–water partition coefficient (Wildman–Crippen LogP) is 12.7. The summed E-state index contributed by atoms with van der Waals surface area (Å²) in [4.78, 5) is 12.3. The third kappa shape index (κ3) is 9.62. The summed E-state index contributed by atoms with van der Waals surface area (Å²) in [5.41, 5.74) is 4.08. The Labute approximate surface area is 354 Å². The summed E-state index contributed by atoms with van der Waals surface area (Å²) in [6, 6.07) is 0. The average molecular weight is 855 g/mol. The molecule has 0 bridgehead atoms. The van der Waals surface area contributed by atoms with Crippen molar-refractivity contribution in [1.82, 2.24) is 0 Å². The van der Waals surface area contributed by atoms with Crippen LogP contribution in [0.15, 0.2) is 0 Å². The highest BCUT2D eigenvalue weighted by Gasteiger charge is 2.60. The average Bonchev–Trinajstić information content (AvgIpc) is 3.66. The van der Waals surface area contributed by atoms with E-state index in [-0.39, 0.29) is 60.5 Å². The van der Waals surface area contributed by atoms with E-state index in [1.54, 1.807) is 0 Å². The van der Waals surface area contributed by atoms with Crippen molar-refractivity contribution in [3.8, 4) is 0 Å². The third-order valence-electron chi connectivity index (χ3n) is 15.6. The molecule has 4 aliphatic heterocycles. The molecule has 10 atom stereocenters. The van der Waals surface area contributed by atoms with E-state index in [9.17, 15) is 4.79 Å². The largest absolute Gasteiger partial charge is 0.459 e. The summed E-state index contributed by atoms with van der Waals surface area (Å²) < 4.78 is 50.2. The quantitative estimate of drug-likeness (QED) is 0.0939. The number of hydrogen-bond donors (Lipinski definition) is 0. The van der Waals surface area contributed by atoms with Crippen LogP contribution in [0.1, 0.15) is 171 Å². The Morgan fingerprint density at radius 1 is 0.596 bits per heavy atom. The molecule has 4 rings (SSSR count). The molecule has 2 unspecified atom stereocenters. The molecular weight excluding hydrogens is 765 g/mol. The number of fused-ring (bicyclic) bond motifs is 2. The van der Waals surface area contributed by atoms with Gasteiger partial charge < -0.3 is 32.2 Å². The lowest BCUT2D eigenvalue weighted by Crippen LogP contribution is -2.58. The molecule has 8 nitrogen and oxygen atoms in total. The molecule has 0 radical (unpaired) electrons. The lowest BCUT2D eigenvalue weighted by atomic mass is 9.80. The van der Waals surface area contributed by atoms with Crippen LogP contribution in [0.3, 0.4) is 0 Å². The molecule has 0 aromatic rings. The molecule has 0 aromatic carbocycles. The standard InChI is InChI=1S/C46H90O8Si3/c1-27(2)55(28(3)4,29(5)6)48-26-38(53-56(30(7)8,31(9)10)32(11)12)21-40(54-57(33(13)14,34(15)16)35(17)18)39-22-41-44(49-39)36(19)24-46(51-41)25-37(20)45-42(52-46)23-43(47)50-45/h27-42,44-45H,21-26H2,1-20H3/t36-,37-,38+,39?,40-,41-,42-,44-,45-,46?/m0/s1. The highest BCUT2D eigenvalue weighted by atomic mass is 28.4. The van der Waals surface area contributed by atoms with Gasteiger partial charge in [-0.25, -0.2) is 0 Å². The summed E-state index contributed by atoms with van der Waals surface area (Å²) in [7, 11) is -6.88. The number of ether oxygens (including phenoxy) is 4. The lowest BCUT2D eigenvalue weighted by Gasteiger charge is -2.50. The van der Waals surface area contributed by atoms with Gasteiger partial charge in [-0.2, -0.15) is 0 Å². The van der Waals surface area contributed by atoms with Crippen LogP contribution in [0.5, 0.6) is 0 Å². The van der Waals surface area contributed by atoms with Crippen LogP contribution in [0.25, 0.3) is 0 Å². The SMILES string of the molecule is CC(C)[Si](OC[C@@H](C[C@H](O[Si](C(C)C)(C(C)C)C(C)C)C1C[C@@H]2OC3(C[C@H](C)[C@@H]4OC(=O)C[C@@H]4O3)C[C@H](C)[C@@H]2O1)O[Si](C(C)C)(C(C)C)C(C)C)(C(C)C)C(C)C. The van der Waals surface area contributed by atoms with Crippen LogP contribution in [-0.4, -0.2) is 86.0 Å². The first-order chi connectivity index (χ1) is 26.3. The summed E-state index contributed by atoms with van der Waals surface area (Å²) in [6.07, 6.45) is 2.21. The molecular formula is C46H90O8Si3. The lowest BCUT2D eigenvalue weighted by molar-refractivity contribution is -0.346. The summed E-state index contributed by atoms with van der Waals surface area (Å²) >= 11 is 0. The molecule has 1 spiro atoms. The summed E-state index contributed by atoms with van der Waals surface area (Å²) in [6.45, 7) is 48.1. The number of rotatable bonds is 19. The Balaban J connectivity index is 1.78. The van der Waals surface area contributed by atoms with E-state index in [1.165, 1.54) is 0 Å². The number of carbonyl (C=O) groups is 1. The van der Waals surface area contributed by atoms with Gasteiger partial charge in [-0.15, -0.1) is 0 Å². The minimum Gasteiger partial charge on any atom is -0.459 e. The van der Waals surface area contributed by atoms with Gasteiger partial charge in [0.15, 0.2) is 14.1 Å². The van der Waals surface area contributed by atoms with Crippen LogP contribution in [0, 0.1) is 11.8 Å². The zero-order chi connectivity index (χ0) is 43.2. The maximum atomic E-state index is 12.3. The van der Waals surface area contributed by atoms with Gasteiger partial charge in [-0.1, -0.05) is 138 Å². The van der Waals surface area contributed by atoms with E-state index in [2.05, 4.69) is 138 Å². The minimum absolute atomic E-state index is 0.0491. The predicted molar refractivity (Wildman–Crippen MR) is 241 cm³/mol. The monoisotopic (exact) mass is 855 g/mol. The van der Waals surface area contributed by atoms with Crippen molar-refractivity contribution in [2.24, 2.45) is 11.8 Å². The Bertz CT molecular complexity index is 1240. The van der Waals surface area contributed by atoms with Crippen LogP contribution in [-0.2, 0) is 37.0 Å². The van der Waals surface area contributed by atoms with Crippen molar-refractivity contribution in [2.75, 3.05) is 6.61 Å². The molecule has 11 heteroatoms. The number of esters is 1. The fraction of sp³-hybridized carbons (Fsp3) is 0.978. The first kappa shape index (κ1) is 49.5. The van der Waals surface area contributed by atoms with Gasteiger partial charge in [-0.05, 0) is 55.8 Å². The van der Waals surface area contributed by atoms with Gasteiger partial charge in [0.05, 0.1) is 43.5 Å². The topological polar surface area (TPSA) is 81.7 Å². The first-order valence-corrected chi connectivity index (χ1v) is 29.9. The summed E-state index contributed by atoms with van der Waals surface area (Å²) in [5, 5.41) is 0. The maximum absolute atomic E-state index is 12.3. The van der Waals surface area contributed by atoms with Gasteiger partial charge in [0.2, 0.25) is 16.6 Å². The van der Waals surface area contributed by atoms with Crippen molar-refractivity contribution >= 4 is 30.9 Å². The zero-order valence-corrected chi connectivity index (χ0v) is 43.4. The van der Waals surface area contributed by atoms with E-state index in [1.807, 2.05) is 0 Å². The van der Waals surface area contributed by atoms with E-state index in [0.717, 1.165) is 25.7 Å². The Morgan fingerprint density at radius 3 is 1.47 bits per heavy atom. The van der Waals surface area contributed by atoms with Crippen LogP contribution < -0.4 is 0 Å². The normalized spacial score (nSPS) is 31.3. The van der Waals surface area contributed by atoms with Crippen LogP contribution in [0.2, 0.25) is 49.9 Å². The van der Waals surface area contributed by atoms with Gasteiger partial charge in [0.1, 0.15) is 12.2 Å². The smallest absolute Gasteiger partial charge is 0.308 e. The molecule has 0 saturated carbocycles. The fourth-order valence-electron chi connectivity index (χ4n) is 13.6. The highest BCUT2D eigenvalue weighted by Crippen LogP contribution is 2.52. The van der Waals surface area contributed by atoms with Gasteiger partial charge in [-0.3, -0.25) is 4.79 Å². The molecule has 0 aliphatic carbocycles. The molecule has 4 fully saturated rings. The molecule has 4 saturated heterocycles. The maximum Gasteiger partial charge on any atom is 0.308 e. The van der Waals surface area contributed by atoms with E-state index in [4.69, 9.17) is 32.2 Å². The third-order valence-corrected chi connectivity index (χ3v) is 33.9. The molecule has 4 heterocycles. The Hall–Kier alpha value is -0.119. The number of hydrogen-bond acceptors (Lipinski definition) is 8. The second kappa shape index (κ2) is 19.1. The Morgan fingerprint density at radius 2 is 1.02 bits per heavy atom.